The molecule has 1 heterocycles. The van der Waals surface area contributed by atoms with Crippen LogP contribution in [0.4, 0.5) is 8.78 Å². The number of hydrogen-bond acceptors (Lipinski definition) is 1. The molecule has 0 unspecified atom stereocenters. The Morgan fingerprint density at radius 3 is 1.31 bits per heavy atom. The standard InChI is InChI=1S/C10H18F2O/c1-5(2)9-7(11)8(12)10(13-9)6(3)4/h5-10H,1-4H3/t7-,8+,9-,10+. The predicted octanol–water partition coefficient (Wildman–Crippen LogP) is 2.74. The summed E-state index contributed by atoms with van der Waals surface area (Å²) in [6, 6.07) is 0. The van der Waals surface area contributed by atoms with Gasteiger partial charge in [-0.25, -0.2) is 8.78 Å². The highest BCUT2D eigenvalue weighted by Gasteiger charge is 2.47. The highest BCUT2D eigenvalue weighted by atomic mass is 19.2. The Hall–Kier alpha value is -0.180. The third-order valence-electron chi connectivity index (χ3n) is 2.56. The van der Waals surface area contributed by atoms with Gasteiger partial charge in [-0.05, 0) is 11.8 Å². The van der Waals surface area contributed by atoms with Crippen molar-refractivity contribution in [2.75, 3.05) is 0 Å². The van der Waals surface area contributed by atoms with Gasteiger partial charge in [0.15, 0.2) is 12.3 Å². The van der Waals surface area contributed by atoms with Crippen LogP contribution >= 0.6 is 0 Å². The Bertz CT molecular complexity index is 152. The van der Waals surface area contributed by atoms with Crippen molar-refractivity contribution >= 4 is 0 Å². The molecule has 13 heavy (non-hydrogen) atoms. The minimum Gasteiger partial charge on any atom is -0.368 e. The van der Waals surface area contributed by atoms with Crippen LogP contribution in [0.25, 0.3) is 0 Å². The smallest absolute Gasteiger partial charge is 0.160 e. The molecular weight excluding hydrogens is 174 g/mol. The average molecular weight is 192 g/mol. The van der Waals surface area contributed by atoms with Crippen molar-refractivity contribution in [2.45, 2.75) is 52.2 Å². The van der Waals surface area contributed by atoms with Gasteiger partial charge in [-0.3, -0.25) is 0 Å². The molecule has 0 N–H and O–H groups in total. The monoisotopic (exact) mass is 192 g/mol. The fraction of sp³-hybridized carbons (Fsp3) is 1.00. The van der Waals surface area contributed by atoms with E-state index in [1.807, 2.05) is 27.7 Å². The molecule has 0 aromatic rings. The highest BCUT2D eigenvalue weighted by molar-refractivity contribution is 4.93. The van der Waals surface area contributed by atoms with Crippen molar-refractivity contribution in [3.8, 4) is 0 Å². The van der Waals surface area contributed by atoms with E-state index in [4.69, 9.17) is 4.74 Å². The van der Waals surface area contributed by atoms with Crippen LogP contribution in [0.15, 0.2) is 0 Å². The maximum atomic E-state index is 13.3. The van der Waals surface area contributed by atoms with Crippen molar-refractivity contribution in [1.29, 1.82) is 0 Å². The summed E-state index contributed by atoms with van der Waals surface area (Å²) in [5.41, 5.74) is 0. The molecule has 0 bridgehead atoms. The van der Waals surface area contributed by atoms with Gasteiger partial charge in [0.2, 0.25) is 0 Å². The molecule has 0 radical (unpaired) electrons. The van der Waals surface area contributed by atoms with Crippen molar-refractivity contribution in [3.63, 3.8) is 0 Å². The first-order chi connectivity index (χ1) is 5.95. The van der Waals surface area contributed by atoms with E-state index >= 15 is 0 Å². The molecule has 0 aromatic heterocycles. The van der Waals surface area contributed by atoms with Crippen LogP contribution in [-0.4, -0.2) is 24.6 Å². The molecule has 78 valence electrons. The second-order valence-electron chi connectivity index (χ2n) is 4.44. The van der Waals surface area contributed by atoms with Crippen LogP contribution in [0.2, 0.25) is 0 Å². The zero-order valence-corrected chi connectivity index (χ0v) is 8.63. The average Bonchev–Trinajstić information content (AvgIpc) is 2.29. The summed E-state index contributed by atoms with van der Waals surface area (Å²) in [7, 11) is 0. The van der Waals surface area contributed by atoms with Gasteiger partial charge in [0, 0.05) is 0 Å². The minimum atomic E-state index is -1.45. The number of ether oxygens (including phenoxy) is 1. The molecule has 0 aromatic carbocycles. The maximum absolute atomic E-state index is 13.3. The molecular formula is C10H18F2O. The van der Waals surface area contributed by atoms with E-state index in [2.05, 4.69) is 0 Å². The molecule has 1 saturated heterocycles. The Morgan fingerprint density at radius 2 is 1.15 bits per heavy atom. The summed E-state index contributed by atoms with van der Waals surface area (Å²) in [6.07, 6.45) is -4.04. The van der Waals surface area contributed by atoms with Crippen LogP contribution in [0.3, 0.4) is 0 Å². The first kappa shape index (κ1) is 10.9. The molecule has 1 aliphatic rings. The Morgan fingerprint density at radius 1 is 0.846 bits per heavy atom. The predicted molar refractivity (Wildman–Crippen MR) is 48.1 cm³/mol. The number of halogens is 2. The third kappa shape index (κ3) is 2.01. The van der Waals surface area contributed by atoms with Crippen LogP contribution in [0.5, 0.6) is 0 Å². The Balaban J connectivity index is 2.66. The lowest BCUT2D eigenvalue weighted by Crippen LogP contribution is -2.29. The van der Waals surface area contributed by atoms with E-state index in [-0.39, 0.29) is 11.8 Å². The molecule has 1 aliphatic heterocycles. The van der Waals surface area contributed by atoms with Crippen molar-refractivity contribution in [1.82, 2.24) is 0 Å². The first-order valence-electron chi connectivity index (χ1n) is 4.88. The van der Waals surface area contributed by atoms with E-state index in [1.165, 1.54) is 0 Å². The second kappa shape index (κ2) is 3.91. The van der Waals surface area contributed by atoms with E-state index in [9.17, 15) is 8.78 Å². The van der Waals surface area contributed by atoms with Gasteiger partial charge < -0.3 is 4.74 Å². The van der Waals surface area contributed by atoms with Gasteiger partial charge >= 0.3 is 0 Å². The van der Waals surface area contributed by atoms with Crippen LogP contribution < -0.4 is 0 Å². The maximum Gasteiger partial charge on any atom is 0.160 e. The zero-order valence-electron chi connectivity index (χ0n) is 8.63. The quantitative estimate of drug-likeness (QED) is 0.653. The van der Waals surface area contributed by atoms with Gasteiger partial charge in [0.25, 0.3) is 0 Å². The molecule has 1 rings (SSSR count). The zero-order chi connectivity index (χ0) is 10.2. The molecule has 0 aliphatic carbocycles. The summed E-state index contributed by atoms with van der Waals surface area (Å²) in [5.74, 6) is 0.0778. The van der Waals surface area contributed by atoms with Gasteiger partial charge in [0.1, 0.15) is 0 Å². The molecule has 0 amide bonds. The van der Waals surface area contributed by atoms with Crippen molar-refractivity contribution in [3.05, 3.63) is 0 Å². The number of alkyl halides is 2. The fourth-order valence-electron chi connectivity index (χ4n) is 1.74. The SMILES string of the molecule is CC(C)[C@H]1O[C@@H](C(C)C)[C@@H](F)[C@H]1F. The van der Waals surface area contributed by atoms with Gasteiger partial charge in [-0.1, -0.05) is 27.7 Å². The van der Waals surface area contributed by atoms with Crippen molar-refractivity contribution < 1.29 is 13.5 Å². The summed E-state index contributed by atoms with van der Waals surface area (Å²) in [5, 5.41) is 0. The molecule has 0 spiro atoms. The van der Waals surface area contributed by atoms with Crippen LogP contribution in [0.1, 0.15) is 27.7 Å². The van der Waals surface area contributed by atoms with Crippen molar-refractivity contribution in [2.24, 2.45) is 11.8 Å². The minimum absolute atomic E-state index is 0.0389. The lowest BCUT2D eigenvalue weighted by atomic mass is 9.98. The first-order valence-corrected chi connectivity index (χ1v) is 4.88. The van der Waals surface area contributed by atoms with E-state index in [0.29, 0.717) is 0 Å². The Labute approximate surface area is 78.5 Å². The summed E-state index contributed by atoms with van der Waals surface area (Å²) in [4.78, 5) is 0. The number of rotatable bonds is 2. The third-order valence-corrected chi connectivity index (χ3v) is 2.56. The fourth-order valence-corrected chi connectivity index (χ4v) is 1.74. The summed E-state index contributed by atoms with van der Waals surface area (Å²) in [6.45, 7) is 7.42. The highest BCUT2D eigenvalue weighted by Crippen LogP contribution is 2.34. The normalized spacial score (nSPS) is 40.6. The lowest BCUT2D eigenvalue weighted by Gasteiger charge is -2.18. The number of hydrogen-bond donors (Lipinski definition) is 0. The summed E-state index contributed by atoms with van der Waals surface area (Å²) >= 11 is 0. The topological polar surface area (TPSA) is 9.23 Å². The van der Waals surface area contributed by atoms with E-state index < -0.39 is 24.6 Å². The van der Waals surface area contributed by atoms with Gasteiger partial charge in [-0.15, -0.1) is 0 Å². The lowest BCUT2D eigenvalue weighted by molar-refractivity contribution is -0.0223. The van der Waals surface area contributed by atoms with Gasteiger partial charge in [0.05, 0.1) is 12.2 Å². The molecule has 1 nitrogen and oxygen atoms in total. The molecule has 0 saturated carbocycles. The molecule has 1 fully saturated rings. The largest absolute Gasteiger partial charge is 0.368 e. The van der Waals surface area contributed by atoms with Gasteiger partial charge in [-0.2, -0.15) is 0 Å². The summed E-state index contributed by atoms with van der Waals surface area (Å²) < 4.78 is 32.0. The molecule has 3 heteroatoms. The van der Waals surface area contributed by atoms with E-state index in [1.54, 1.807) is 0 Å². The Kier molecular flexibility index (Phi) is 3.28. The van der Waals surface area contributed by atoms with Crippen LogP contribution in [-0.2, 0) is 4.74 Å². The van der Waals surface area contributed by atoms with Crippen LogP contribution in [0, 0.1) is 11.8 Å². The molecule has 4 atom stereocenters. The van der Waals surface area contributed by atoms with E-state index in [0.717, 1.165) is 0 Å². The second-order valence-corrected chi connectivity index (χ2v) is 4.44.